The van der Waals surface area contributed by atoms with Crippen molar-refractivity contribution in [3.05, 3.63) is 199 Å². The third kappa shape index (κ3) is 6.07. The molecule has 0 amide bonds. The average molecular weight is 760 g/mol. The number of ether oxygens (including phenoxy) is 2. The predicted molar refractivity (Wildman–Crippen MR) is 237 cm³/mol. The first-order valence-electron chi connectivity index (χ1n) is 19.9. The first-order valence-corrected chi connectivity index (χ1v) is 19.9. The van der Waals surface area contributed by atoms with Gasteiger partial charge in [0.2, 0.25) is 0 Å². The Labute approximate surface area is 343 Å². The second-order valence-corrected chi connectivity index (χ2v) is 15.6. The molecule has 59 heavy (non-hydrogen) atoms. The van der Waals surface area contributed by atoms with E-state index in [0.717, 1.165) is 67.1 Å². The van der Waals surface area contributed by atoms with Gasteiger partial charge in [0.25, 0.3) is 0 Å². The van der Waals surface area contributed by atoms with Crippen LogP contribution >= 0.6 is 0 Å². The van der Waals surface area contributed by atoms with E-state index in [1.807, 2.05) is 24.3 Å². The fourth-order valence-corrected chi connectivity index (χ4v) is 8.46. The third-order valence-corrected chi connectivity index (χ3v) is 11.7. The molecule has 2 heterocycles. The van der Waals surface area contributed by atoms with Gasteiger partial charge in [-0.15, -0.1) is 0 Å². The summed E-state index contributed by atoms with van der Waals surface area (Å²) >= 11 is 0. The maximum Gasteiger partial charge on any atom is 0.178 e. The van der Waals surface area contributed by atoms with Crippen LogP contribution in [-0.2, 0) is 5.41 Å². The van der Waals surface area contributed by atoms with E-state index < -0.39 is 0 Å². The Morgan fingerprint density at radius 3 is 1.31 bits per heavy atom. The van der Waals surface area contributed by atoms with Gasteiger partial charge in [0, 0.05) is 27.7 Å². The van der Waals surface area contributed by atoms with Crippen molar-refractivity contribution in [1.82, 2.24) is 15.0 Å². The van der Waals surface area contributed by atoms with E-state index in [2.05, 4.69) is 178 Å². The summed E-state index contributed by atoms with van der Waals surface area (Å²) in [5, 5.41) is 0. The van der Waals surface area contributed by atoms with Gasteiger partial charge in [0.05, 0.1) is 0 Å². The lowest BCUT2D eigenvalue weighted by molar-refractivity contribution is 0.360. The molecule has 1 aromatic heterocycles. The van der Waals surface area contributed by atoms with Crippen LogP contribution in [0.25, 0.3) is 78.7 Å². The first-order chi connectivity index (χ1) is 29.0. The fourth-order valence-electron chi connectivity index (χ4n) is 8.46. The van der Waals surface area contributed by atoms with Crippen LogP contribution in [0.15, 0.2) is 188 Å². The summed E-state index contributed by atoms with van der Waals surface area (Å²) in [4.78, 5) is 15.1. The van der Waals surface area contributed by atoms with Crippen molar-refractivity contribution in [2.24, 2.45) is 0 Å². The minimum atomic E-state index is -0.131. The summed E-state index contributed by atoms with van der Waals surface area (Å²) in [6.07, 6.45) is 0. The van der Waals surface area contributed by atoms with E-state index in [-0.39, 0.29) is 5.41 Å². The predicted octanol–water partition coefficient (Wildman–Crippen LogP) is 14.1. The van der Waals surface area contributed by atoms with E-state index in [1.54, 1.807) is 0 Å². The van der Waals surface area contributed by atoms with Crippen LogP contribution in [0.2, 0.25) is 0 Å². The standard InChI is InChI=1S/C54H37N3O2/c1-54(2)44-16-10-9-15-43(44)49-45(54)30-32-47-50(49)59-48-33-42(29-31-46(48)58-47)38-21-27-41(28-22-38)53-56-51(39-23-17-36(18-24-39)34-11-5-3-6-12-34)55-52(57-53)40-25-19-37(20-26-40)35-13-7-4-8-14-35/h3-33H,1-2H3. The summed E-state index contributed by atoms with van der Waals surface area (Å²) in [7, 11) is 0. The molecule has 5 nitrogen and oxygen atoms in total. The Morgan fingerprint density at radius 2 is 0.763 bits per heavy atom. The smallest absolute Gasteiger partial charge is 0.178 e. The number of fused-ring (bicyclic) bond motifs is 6. The van der Waals surface area contributed by atoms with Gasteiger partial charge < -0.3 is 9.47 Å². The Hall–Kier alpha value is -7.63. The summed E-state index contributed by atoms with van der Waals surface area (Å²) < 4.78 is 13.2. The molecule has 1 aliphatic heterocycles. The summed E-state index contributed by atoms with van der Waals surface area (Å²) in [6.45, 7) is 4.54. The van der Waals surface area contributed by atoms with Crippen molar-refractivity contribution in [1.29, 1.82) is 0 Å². The molecule has 9 aromatic rings. The minimum absolute atomic E-state index is 0.131. The van der Waals surface area contributed by atoms with Crippen LogP contribution in [0, 0.1) is 0 Å². The number of aromatic nitrogens is 3. The van der Waals surface area contributed by atoms with Gasteiger partial charge in [-0.05, 0) is 68.3 Å². The summed E-state index contributed by atoms with van der Waals surface area (Å²) in [6, 6.07) is 64.9. The molecule has 0 fully saturated rings. The molecule has 280 valence electrons. The molecule has 2 aliphatic rings. The second-order valence-electron chi connectivity index (χ2n) is 15.6. The molecular formula is C54H37N3O2. The zero-order valence-electron chi connectivity index (χ0n) is 32.6. The van der Waals surface area contributed by atoms with E-state index in [4.69, 9.17) is 24.4 Å². The number of hydrogen-bond acceptors (Lipinski definition) is 5. The molecule has 0 spiro atoms. The maximum atomic E-state index is 6.75. The Morgan fingerprint density at radius 1 is 0.339 bits per heavy atom. The van der Waals surface area contributed by atoms with Crippen LogP contribution in [0.1, 0.15) is 25.0 Å². The van der Waals surface area contributed by atoms with Crippen molar-refractivity contribution in [2.75, 3.05) is 0 Å². The lowest BCUT2D eigenvalue weighted by Crippen LogP contribution is -2.15. The molecule has 0 N–H and O–H groups in total. The number of nitrogens with zero attached hydrogens (tertiary/aromatic N) is 3. The normalized spacial score (nSPS) is 13.0. The van der Waals surface area contributed by atoms with Crippen LogP contribution in [0.5, 0.6) is 23.0 Å². The highest BCUT2D eigenvalue weighted by atomic mass is 16.6. The quantitative estimate of drug-likeness (QED) is 0.169. The largest absolute Gasteiger partial charge is 0.449 e. The number of benzene rings is 8. The van der Waals surface area contributed by atoms with E-state index >= 15 is 0 Å². The number of hydrogen-bond donors (Lipinski definition) is 0. The average Bonchev–Trinajstić information content (AvgIpc) is 3.54. The Balaban J connectivity index is 0.930. The van der Waals surface area contributed by atoms with Crippen molar-refractivity contribution < 1.29 is 9.47 Å². The van der Waals surface area contributed by atoms with Crippen LogP contribution in [-0.4, -0.2) is 15.0 Å². The van der Waals surface area contributed by atoms with Crippen molar-refractivity contribution in [2.45, 2.75) is 19.3 Å². The van der Waals surface area contributed by atoms with Crippen LogP contribution in [0.4, 0.5) is 0 Å². The van der Waals surface area contributed by atoms with E-state index in [9.17, 15) is 0 Å². The van der Waals surface area contributed by atoms with Gasteiger partial charge >= 0.3 is 0 Å². The maximum absolute atomic E-state index is 6.75. The molecule has 8 aromatic carbocycles. The number of rotatable bonds is 6. The van der Waals surface area contributed by atoms with Crippen molar-refractivity contribution in [3.8, 4) is 102 Å². The zero-order chi connectivity index (χ0) is 39.5. The molecular weight excluding hydrogens is 723 g/mol. The highest BCUT2D eigenvalue weighted by Gasteiger charge is 2.39. The molecule has 5 heteroatoms. The van der Waals surface area contributed by atoms with E-state index in [0.29, 0.717) is 29.0 Å². The van der Waals surface area contributed by atoms with Crippen molar-refractivity contribution in [3.63, 3.8) is 0 Å². The third-order valence-electron chi connectivity index (χ3n) is 11.7. The highest BCUT2D eigenvalue weighted by Crippen LogP contribution is 2.58. The van der Waals surface area contributed by atoms with Gasteiger partial charge in [0.1, 0.15) is 0 Å². The molecule has 0 saturated heterocycles. The molecule has 0 radical (unpaired) electrons. The van der Waals surface area contributed by atoms with Gasteiger partial charge in [0.15, 0.2) is 40.5 Å². The lowest BCUT2D eigenvalue weighted by atomic mass is 9.82. The zero-order valence-corrected chi connectivity index (χ0v) is 32.6. The molecule has 0 saturated carbocycles. The fraction of sp³-hybridized carbons (Fsp3) is 0.0556. The van der Waals surface area contributed by atoms with Gasteiger partial charge in [-0.2, -0.15) is 0 Å². The first kappa shape index (κ1) is 34.6. The van der Waals surface area contributed by atoms with Crippen LogP contribution < -0.4 is 9.47 Å². The SMILES string of the molecule is CC1(C)c2ccccc2-c2c1ccc1c2Oc2cc(-c3ccc(-c4nc(-c5ccc(-c6ccccc6)cc5)nc(-c5ccc(-c6ccccc6)cc5)n4)cc3)ccc2O1. The highest BCUT2D eigenvalue weighted by molar-refractivity contribution is 5.88. The van der Waals surface area contributed by atoms with E-state index in [1.165, 1.54) is 16.7 Å². The second kappa shape index (κ2) is 13.8. The molecule has 0 bridgehead atoms. The van der Waals surface area contributed by atoms with Gasteiger partial charge in [-0.25, -0.2) is 15.0 Å². The Bertz CT molecular complexity index is 2930. The van der Waals surface area contributed by atoms with Gasteiger partial charge in [-0.1, -0.05) is 184 Å². The topological polar surface area (TPSA) is 57.1 Å². The monoisotopic (exact) mass is 759 g/mol. The van der Waals surface area contributed by atoms with Crippen LogP contribution in [0.3, 0.4) is 0 Å². The van der Waals surface area contributed by atoms with Gasteiger partial charge in [-0.3, -0.25) is 0 Å². The minimum Gasteiger partial charge on any atom is -0.449 e. The molecule has 11 rings (SSSR count). The lowest BCUT2D eigenvalue weighted by Gasteiger charge is -2.25. The Kier molecular flexibility index (Phi) is 8.09. The molecule has 0 unspecified atom stereocenters. The summed E-state index contributed by atoms with van der Waals surface area (Å²) in [5.74, 6) is 4.73. The molecule has 0 atom stereocenters. The summed E-state index contributed by atoms with van der Waals surface area (Å²) in [5.41, 5.74) is 14.1. The molecule has 1 aliphatic carbocycles. The van der Waals surface area contributed by atoms with Crippen molar-refractivity contribution >= 4 is 0 Å².